The molecule has 28 heavy (non-hydrogen) atoms. The predicted molar refractivity (Wildman–Crippen MR) is 111 cm³/mol. The third-order valence-corrected chi connectivity index (χ3v) is 9.19. The van der Waals surface area contributed by atoms with Crippen molar-refractivity contribution in [3.8, 4) is 0 Å². The normalized spacial score (nSPS) is 48.9. The summed E-state index contributed by atoms with van der Waals surface area (Å²) in [4.78, 5) is 16.6. The molecule has 3 nitrogen and oxygen atoms in total. The van der Waals surface area contributed by atoms with E-state index in [1.165, 1.54) is 37.7 Å². The van der Waals surface area contributed by atoms with Gasteiger partial charge in [0, 0.05) is 18.1 Å². The van der Waals surface area contributed by atoms with Gasteiger partial charge in [-0.3, -0.25) is 4.79 Å². The van der Waals surface area contributed by atoms with Crippen molar-refractivity contribution < 1.29 is 4.79 Å². The fraction of sp³-hybridized carbons (Fsp3) is 0.720. The number of hydrogen-bond acceptors (Lipinski definition) is 2. The first-order valence-electron chi connectivity index (χ1n) is 11.5. The number of carbonyl (C=O) groups is 1. The molecule has 2 N–H and O–H groups in total. The average molecular weight is 379 g/mol. The van der Waals surface area contributed by atoms with E-state index in [9.17, 15) is 4.79 Å². The molecule has 4 saturated carbocycles. The van der Waals surface area contributed by atoms with E-state index in [0.29, 0.717) is 29.4 Å². The van der Waals surface area contributed by atoms with Gasteiger partial charge in [-0.05, 0) is 86.5 Å². The van der Waals surface area contributed by atoms with Crippen LogP contribution in [0.3, 0.4) is 0 Å². The summed E-state index contributed by atoms with van der Waals surface area (Å²) < 4.78 is 0. The van der Waals surface area contributed by atoms with Crippen molar-refractivity contribution >= 4 is 5.91 Å². The lowest BCUT2D eigenvalue weighted by atomic mass is 9.38. The van der Waals surface area contributed by atoms with Crippen molar-refractivity contribution in [2.24, 2.45) is 22.5 Å². The van der Waals surface area contributed by atoms with Crippen molar-refractivity contribution in [2.45, 2.75) is 94.7 Å². The molecule has 6 bridgehead atoms. The van der Waals surface area contributed by atoms with Gasteiger partial charge in [-0.2, -0.15) is 0 Å². The van der Waals surface area contributed by atoms with Gasteiger partial charge in [0.15, 0.2) is 0 Å². The SMILES string of the molecule is CC12CC3CC(C(=O)N4C5CCC4CC(N)C5)(C1)CC(c1ccccc1)(C3)C2. The first-order valence-corrected chi connectivity index (χ1v) is 11.5. The number of amides is 1. The molecule has 1 aromatic carbocycles. The lowest BCUT2D eigenvalue weighted by Gasteiger charge is -2.66. The maximum Gasteiger partial charge on any atom is 0.229 e. The van der Waals surface area contributed by atoms with E-state index >= 15 is 0 Å². The number of carbonyl (C=O) groups excluding carboxylic acids is 1. The highest BCUT2D eigenvalue weighted by Crippen LogP contribution is 2.70. The smallest absolute Gasteiger partial charge is 0.229 e. The zero-order valence-electron chi connectivity index (χ0n) is 17.2. The molecule has 0 radical (unpaired) electrons. The van der Waals surface area contributed by atoms with E-state index in [1.54, 1.807) is 0 Å². The lowest BCUT2D eigenvalue weighted by molar-refractivity contribution is -0.174. The summed E-state index contributed by atoms with van der Waals surface area (Å²) in [6.07, 6.45) is 11.6. The molecule has 1 amide bonds. The zero-order chi connectivity index (χ0) is 19.1. The Kier molecular flexibility index (Phi) is 3.51. The van der Waals surface area contributed by atoms with Crippen LogP contribution in [0.4, 0.5) is 0 Å². The van der Waals surface area contributed by atoms with Gasteiger partial charge in [-0.1, -0.05) is 37.3 Å². The van der Waals surface area contributed by atoms with E-state index in [2.05, 4.69) is 42.2 Å². The Balaban J connectivity index is 1.39. The van der Waals surface area contributed by atoms with Crippen molar-refractivity contribution in [2.75, 3.05) is 0 Å². The molecular formula is C25H34N2O. The quantitative estimate of drug-likeness (QED) is 0.829. The number of fused-ring (bicyclic) bond motifs is 2. The van der Waals surface area contributed by atoms with Crippen LogP contribution in [-0.2, 0) is 10.2 Å². The maximum atomic E-state index is 14.2. The second kappa shape index (κ2) is 5.62. The van der Waals surface area contributed by atoms with E-state index in [1.807, 2.05) is 0 Å². The average Bonchev–Trinajstić information content (AvgIpc) is 2.91. The third kappa shape index (κ3) is 2.35. The van der Waals surface area contributed by atoms with Crippen LogP contribution in [0, 0.1) is 16.7 Å². The first kappa shape index (κ1) is 17.5. The highest BCUT2D eigenvalue weighted by atomic mass is 16.2. The van der Waals surface area contributed by atoms with Crippen LogP contribution < -0.4 is 5.73 Å². The minimum absolute atomic E-state index is 0.119. The van der Waals surface area contributed by atoms with Crippen molar-refractivity contribution in [1.82, 2.24) is 4.90 Å². The minimum atomic E-state index is -0.119. The van der Waals surface area contributed by atoms with Crippen molar-refractivity contribution in [3.63, 3.8) is 0 Å². The molecule has 3 heteroatoms. The van der Waals surface area contributed by atoms with E-state index < -0.39 is 0 Å². The Bertz CT molecular complexity index is 794. The summed E-state index contributed by atoms with van der Waals surface area (Å²) in [5.41, 5.74) is 8.23. The fourth-order valence-corrected chi connectivity index (χ4v) is 9.10. The molecule has 4 aliphatic carbocycles. The molecule has 2 heterocycles. The second-order valence-electron chi connectivity index (χ2n) is 11.6. The highest BCUT2D eigenvalue weighted by molar-refractivity contribution is 5.85. The Labute approximate surface area is 169 Å². The summed E-state index contributed by atoms with van der Waals surface area (Å²) in [6, 6.07) is 12.3. The molecule has 0 aromatic heterocycles. The zero-order valence-corrected chi connectivity index (χ0v) is 17.2. The van der Waals surface area contributed by atoms with Gasteiger partial charge in [-0.15, -0.1) is 0 Å². The van der Waals surface area contributed by atoms with Gasteiger partial charge >= 0.3 is 0 Å². The van der Waals surface area contributed by atoms with Gasteiger partial charge in [0.25, 0.3) is 0 Å². The molecule has 7 rings (SSSR count). The molecule has 6 unspecified atom stereocenters. The summed E-state index contributed by atoms with van der Waals surface area (Å²) in [5.74, 6) is 1.23. The number of hydrogen-bond donors (Lipinski definition) is 1. The maximum absolute atomic E-state index is 14.2. The van der Waals surface area contributed by atoms with Crippen LogP contribution in [0.5, 0.6) is 0 Å². The molecular weight excluding hydrogens is 344 g/mol. The summed E-state index contributed by atoms with van der Waals surface area (Å²) in [5, 5.41) is 0. The highest BCUT2D eigenvalue weighted by Gasteiger charge is 2.66. The molecule has 6 fully saturated rings. The van der Waals surface area contributed by atoms with Crippen molar-refractivity contribution in [3.05, 3.63) is 35.9 Å². The predicted octanol–water partition coefficient (Wildman–Crippen LogP) is 4.40. The Morgan fingerprint density at radius 1 is 1.00 bits per heavy atom. The van der Waals surface area contributed by atoms with Gasteiger partial charge in [-0.25, -0.2) is 0 Å². The molecule has 6 aliphatic rings. The first-order chi connectivity index (χ1) is 13.4. The number of benzene rings is 1. The Hall–Kier alpha value is -1.35. The molecule has 0 spiro atoms. The van der Waals surface area contributed by atoms with Gasteiger partial charge < -0.3 is 10.6 Å². The fourth-order valence-electron chi connectivity index (χ4n) is 9.10. The van der Waals surface area contributed by atoms with Crippen LogP contribution in [0.1, 0.15) is 76.7 Å². The van der Waals surface area contributed by atoms with Crippen LogP contribution in [0.25, 0.3) is 0 Å². The molecule has 6 atom stereocenters. The van der Waals surface area contributed by atoms with E-state index in [4.69, 9.17) is 5.73 Å². The molecule has 2 aliphatic heterocycles. The van der Waals surface area contributed by atoms with Gasteiger partial charge in [0.05, 0.1) is 5.41 Å². The molecule has 1 aromatic rings. The van der Waals surface area contributed by atoms with Crippen LogP contribution in [-0.4, -0.2) is 28.9 Å². The van der Waals surface area contributed by atoms with E-state index in [0.717, 1.165) is 38.0 Å². The monoisotopic (exact) mass is 378 g/mol. The largest absolute Gasteiger partial charge is 0.336 e. The number of nitrogens with zero attached hydrogens (tertiary/aromatic N) is 1. The second-order valence-corrected chi connectivity index (χ2v) is 11.6. The summed E-state index contributed by atoms with van der Waals surface area (Å²) >= 11 is 0. The summed E-state index contributed by atoms with van der Waals surface area (Å²) in [6.45, 7) is 2.48. The van der Waals surface area contributed by atoms with Crippen LogP contribution in [0.15, 0.2) is 30.3 Å². The minimum Gasteiger partial charge on any atom is -0.336 e. The van der Waals surface area contributed by atoms with Gasteiger partial charge in [0.1, 0.15) is 0 Å². The number of nitrogens with two attached hydrogens (primary N) is 1. The molecule has 150 valence electrons. The Morgan fingerprint density at radius 2 is 1.71 bits per heavy atom. The number of piperidine rings is 1. The standard InChI is InChI=1S/C25H34N2O/c1-23-11-17-12-24(14-23,18-5-3-2-4-6-18)16-25(13-17,15-23)22(28)27-20-7-8-21(27)10-19(26)9-20/h2-6,17,19-21H,7-16,26H2,1H3. The van der Waals surface area contributed by atoms with Crippen LogP contribution in [0.2, 0.25) is 0 Å². The Morgan fingerprint density at radius 3 is 2.39 bits per heavy atom. The third-order valence-electron chi connectivity index (χ3n) is 9.19. The van der Waals surface area contributed by atoms with Crippen molar-refractivity contribution in [1.29, 1.82) is 0 Å². The number of rotatable bonds is 2. The van der Waals surface area contributed by atoms with Crippen LogP contribution >= 0.6 is 0 Å². The summed E-state index contributed by atoms with van der Waals surface area (Å²) in [7, 11) is 0. The molecule has 2 saturated heterocycles. The van der Waals surface area contributed by atoms with Gasteiger partial charge in [0.2, 0.25) is 5.91 Å². The lowest BCUT2D eigenvalue weighted by Crippen LogP contribution is -2.64. The topological polar surface area (TPSA) is 46.3 Å². The van der Waals surface area contributed by atoms with E-state index in [-0.39, 0.29) is 10.8 Å².